The molecule has 0 unspecified atom stereocenters. The Hall–Kier alpha value is -1.03. The molecule has 0 saturated heterocycles. The summed E-state index contributed by atoms with van der Waals surface area (Å²) in [5.41, 5.74) is 2.38. The van der Waals surface area contributed by atoms with Crippen molar-refractivity contribution in [3.05, 3.63) is 33.8 Å². The fourth-order valence-corrected chi connectivity index (χ4v) is 2.30. The van der Waals surface area contributed by atoms with Crippen LogP contribution in [0.2, 0.25) is 0 Å². The maximum absolute atomic E-state index is 10.9. The van der Waals surface area contributed by atoms with Gasteiger partial charge in [-0.15, -0.1) is 0 Å². The van der Waals surface area contributed by atoms with Crippen LogP contribution in [0.1, 0.15) is 17.5 Å². The van der Waals surface area contributed by atoms with Crippen molar-refractivity contribution in [3.63, 3.8) is 0 Å². The number of amides is 1. The zero-order valence-electron chi connectivity index (χ0n) is 8.24. The van der Waals surface area contributed by atoms with Gasteiger partial charge in [-0.1, -0.05) is 22.0 Å². The first-order valence-electron chi connectivity index (χ1n) is 4.92. The lowest BCUT2D eigenvalue weighted by molar-refractivity contribution is 0.143. The summed E-state index contributed by atoms with van der Waals surface area (Å²) >= 11 is 3.43. The van der Waals surface area contributed by atoms with Crippen LogP contribution >= 0.6 is 15.9 Å². The summed E-state index contributed by atoms with van der Waals surface area (Å²) in [5, 5.41) is 8.96. The molecule has 15 heavy (non-hydrogen) atoms. The van der Waals surface area contributed by atoms with Gasteiger partial charge in [0.1, 0.15) is 0 Å². The summed E-state index contributed by atoms with van der Waals surface area (Å²) in [7, 11) is 0. The second kappa shape index (κ2) is 4.23. The fraction of sp³-hybridized carbons (Fsp3) is 0.364. The van der Waals surface area contributed by atoms with Crippen LogP contribution in [0, 0.1) is 0 Å². The third-order valence-electron chi connectivity index (χ3n) is 2.67. The van der Waals surface area contributed by atoms with Gasteiger partial charge in [0.15, 0.2) is 0 Å². The fourth-order valence-electron chi connectivity index (χ4n) is 1.89. The topological polar surface area (TPSA) is 40.5 Å². The first-order chi connectivity index (χ1) is 7.16. The molecule has 0 bridgehead atoms. The molecule has 1 N–H and O–H groups in total. The molecule has 0 radical (unpaired) electrons. The third kappa shape index (κ3) is 2.31. The number of halogens is 1. The van der Waals surface area contributed by atoms with Crippen LogP contribution in [-0.2, 0) is 13.0 Å². The van der Waals surface area contributed by atoms with E-state index in [0.717, 1.165) is 22.9 Å². The largest absolute Gasteiger partial charge is 0.465 e. The van der Waals surface area contributed by atoms with Crippen molar-refractivity contribution < 1.29 is 9.90 Å². The smallest absolute Gasteiger partial charge is 0.407 e. The van der Waals surface area contributed by atoms with E-state index in [2.05, 4.69) is 22.0 Å². The highest BCUT2D eigenvalue weighted by Crippen LogP contribution is 2.22. The summed E-state index contributed by atoms with van der Waals surface area (Å²) in [4.78, 5) is 12.4. The lowest BCUT2D eigenvalue weighted by atomic mass is 10.0. The molecule has 0 aliphatic carbocycles. The van der Waals surface area contributed by atoms with Crippen LogP contribution < -0.4 is 0 Å². The highest BCUT2D eigenvalue weighted by Gasteiger charge is 2.17. The standard InChI is InChI=1S/C11H12BrNO2/c12-10-4-3-9-7-13(11(14)15)5-1-2-8(9)6-10/h3-4,6H,1-2,5,7H2,(H,14,15). The summed E-state index contributed by atoms with van der Waals surface area (Å²) in [6, 6.07) is 6.05. The van der Waals surface area contributed by atoms with E-state index >= 15 is 0 Å². The second-order valence-corrected chi connectivity index (χ2v) is 4.64. The predicted octanol–water partition coefficient (Wildman–Crippen LogP) is 2.88. The van der Waals surface area contributed by atoms with Gasteiger partial charge in [0, 0.05) is 17.6 Å². The summed E-state index contributed by atoms with van der Waals surface area (Å²) in [5.74, 6) is 0. The molecule has 80 valence electrons. The molecule has 4 heteroatoms. The molecular formula is C11H12BrNO2. The lowest BCUT2D eigenvalue weighted by Gasteiger charge is -2.16. The molecule has 0 atom stereocenters. The number of hydrogen-bond acceptors (Lipinski definition) is 1. The predicted molar refractivity (Wildman–Crippen MR) is 60.9 cm³/mol. The van der Waals surface area contributed by atoms with Crippen molar-refractivity contribution in [1.29, 1.82) is 0 Å². The van der Waals surface area contributed by atoms with E-state index in [0.29, 0.717) is 13.1 Å². The Morgan fingerprint density at radius 2 is 2.20 bits per heavy atom. The number of hydrogen-bond donors (Lipinski definition) is 1. The number of carbonyl (C=O) groups is 1. The van der Waals surface area contributed by atoms with Gasteiger partial charge < -0.3 is 10.0 Å². The lowest BCUT2D eigenvalue weighted by Crippen LogP contribution is -2.28. The van der Waals surface area contributed by atoms with E-state index in [4.69, 9.17) is 5.11 Å². The number of aryl methyl sites for hydroxylation is 1. The third-order valence-corrected chi connectivity index (χ3v) is 3.17. The molecule has 1 aliphatic rings. The van der Waals surface area contributed by atoms with Crippen molar-refractivity contribution >= 4 is 22.0 Å². The van der Waals surface area contributed by atoms with Crippen LogP contribution in [0.25, 0.3) is 0 Å². The van der Waals surface area contributed by atoms with Crippen molar-refractivity contribution in [2.24, 2.45) is 0 Å². The minimum absolute atomic E-state index is 0.512. The highest BCUT2D eigenvalue weighted by atomic mass is 79.9. The first-order valence-corrected chi connectivity index (χ1v) is 5.71. The molecule has 3 nitrogen and oxygen atoms in total. The van der Waals surface area contributed by atoms with Crippen molar-refractivity contribution in [2.45, 2.75) is 19.4 Å². The summed E-state index contributed by atoms with van der Waals surface area (Å²) in [6.45, 7) is 1.14. The molecule has 1 aromatic rings. The Morgan fingerprint density at radius 3 is 2.93 bits per heavy atom. The average molecular weight is 270 g/mol. The molecular weight excluding hydrogens is 258 g/mol. The molecule has 1 heterocycles. The van der Waals surface area contributed by atoms with E-state index in [1.54, 1.807) is 0 Å². The van der Waals surface area contributed by atoms with Gasteiger partial charge in [-0.2, -0.15) is 0 Å². The van der Waals surface area contributed by atoms with Crippen molar-refractivity contribution in [3.8, 4) is 0 Å². The minimum Gasteiger partial charge on any atom is -0.465 e. The molecule has 0 saturated carbocycles. The van der Waals surface area contributed by atoms with Gasteiger partial charge in [0.25, 0.3) is 0 Å². The number of nitrogens with zero attached hydrogens (tertiary/aromatic N) is 1. The van der Waals surface area contributed by atoms with E-state index in [9.17, 15) is 4.79 Å². The van der Waals surface area contributed by atoms with Gasteiger partial charge in [-0.25, -0.2) is 4.79 Å². The Morgan fingerprint density at radius 1 is 1.40 bits per heavy atom. The molecule has 1 amide bonds. The average Bonchev–Trinajstić information content (AvgIpc) is 2.39. The zero-order valence-corrected chi connectivity index (χ0v) is 9.83. The van der Waals surface area contributed by atoms with Gasteiger partial charge in [-0.3, -0.25) is 0 Å². The Balaban J connectivity index is 2.29. The normalized spacial score (nSPS) is 15.7. The van der Waals surface area contributed by atoms with Gasteiger partial charge in [0.05, 0.1) is 0 Å². The van der Waals surface area contributed by atoms with Crippen LogP contribution in [0.3, 0.4) is 0 Å². The molecule has 0 fully saturated rings. The summed E-state index contributed by atoms with van der Waals surface area (Å²) in [6.07, 6.45) is 1.03. The molecule has 0 spiro atoms. The molecule has 1 aromatic carbocycles. The monoisotopic (exact) mass is 269 g/mol. The van der Waals surface area contributed by atoms with E-state index in [1.165, 1.54) is 10.5 Å². The number of benzene rings is 1. The Kier molecular flexibility index (Phi) is 2.95. The zero-order chi connectivity index (χ0) is 10.8. The minimum atomic E-state index is -0.828. The SMILES string of the molecule is O=C(O)N1CCCc2cc(Br)ccc2C1. The molecule has 0 aromatic heterocycles. The maximum atomic E-state index is 10.9. The number of carboxylic acid groups (broad SMARTS) is 1. The molecule has 1 aliphatic heterocycles. The first kappa shape index (κ1) is 10.5. The number of rotatable bonds is 0. The van der Waals surface area contributed by atoms with E-state index < -0.39 is 6.09 Å². The van der Waals surface area contributed by atoms with Crippen LogP contribution in [0.15, 0.2) is 22.7 Å². The maximum Gasteiger partial charge on any atom is 0.407 e. The molecule has 2 rings (SSSR count). The highest BCUT2D eigenvalue weighted by molar-refractivity contribution is 9.10. The van der Waals surface area contributed by atoms with Crippen LogP contribution in [-0.4, -0.2) is 22.6 Å². The second-order valence-electron chi connectivity index (χ2n) is 3.72. The van der Waals surface area contributed by atoms with Gasteiger partial charge in [-0.05, 0) is 36.1 Å². The Labute approximate surface area is 96.8 Å². The van der Waals surface area contributed by atoms with E-state index in [1.807, 2.05) is 12.1 Å². The van der Waals surface area contributed by atoms with Gasteiger partial charge >= 0.3 is 6.09 Å². The van der Waals surface area contributed by atoms with E-state index in [-0.39, 0.29) is 0 Å². The van der Waals surface area contributed by atoms with Crippen LogP contribution in [0.4, 0.5) is 4.79 Å². The quantitative estimate of drug-likeness (QED) is 0.787. The van der Waals surface area contributed by atoms with Gasteiger partial charge in [0.2, 0.25) is 0 Å². The van der Waals surface area contributed by atoms with Crippen LogP contribution in [0.5, 0.6) is 0 Å². The summed E-state index contributed by atoms with van der Waals surface area (Å²) < 4.78 is 1.06. The Bertz CT molecular complexity index is 392. The van der Waals surface area contributed by atoms with Crippen molar-refractivity contribution in [1.82, 2.24) is 4.90 Å². The number of fused-ring (bicyclic) bond motifs is 1. The van der Waals surface area contributed by atoms with Crippen molar-refractivity contribution in [2.75, 3.05) is 6.54 Å².